The van der Waals surface area contributed by atoms with E-state index in [1.807, 2.05) is 31.3 Å². The maximum absolute atomic E-state index is 4.05. The first-order valence-electron chi connectivity index (χ1n) is 3.93. The molecule has 0 radical (unpaired) electrons. The topological polar surface area (TPSA) is 24.4 Å². The first-order chi connectivity index (χ1) is 5.86. The van der Waals surface area contributed by atoms with Crippen molar-refractivity contribution in [2.75, 3.05) is 5.43 Å². The third-order valence-corrected chi connectivity index (χ3v) is 1.80. The molecule has 1 heterocycles. The summed E-state index contributed by atoms with van der Waals surface area (Å²) in [5.41, 5.74) is 6.38. The zero-order valence-electron chi connectivity index (χ0n) is 6.91. The fraction of sp³-hybridized carbons (Fsp3) is 0.100. The van der Waals surface area contributed by atoms with Crippen molar-refractivity contribution in [2.45, 2.75) is 6.92 Å². The normalized spacial score (nSPS) is 14.2. The smallest absolute Gasteiger partial charge is 0.0634 e. The van der Waals surface area contributed by atoms with Gasteiger partial charge in [0, 0.05) is 0 Å². The Morgan fingerprint density at radius 3 is 3.00 bits per heavy atom. The van der Waals surface area contributed by atoms with Gasteiger partial charge in [-0.15, -0.1) is 0 Å². The van der Waals surface area contributed by atoms with Crippen LogP contribution >= 0.6 is 0 Å². The van der Waals surface area contributed by atoms with Crippen LogP contribution in [0.4, 0.5) is 5.69 Å². The lowest BCUT2D eigenvalue weighted by Crippen LogP contribution is -1.88. The van der Waals surface area contributed by atoms with E-state index in [9.17, 15) is 0 Å². The lowest BCUT2D eigenvalue weighted by atomic mass is 10.1. The molecule has 0 fully saturated rings. The molecule has 1 aliphatic heterocycles. The number of hydrogen-bond acceptors (Lipinski definition) is 2. The van der Waals surface area contributed by atoms with Crippen LogP contribution in [0, 0.1) is 0 Å². The minimum absolute atomic E-state index is 1.06. The molecule has 0 aliphatic carbocycles. The summed E-state index contributed by atoms with van der Waals surface area (Å²) in [6.07, 6.45) is 3.93. The van der Waals surface area contributed by atoms with Gasteiger partial charge in [0.15, 0.2) is 0 Å². The van der Waals surface area contributed by atoms with E-state index < -0.39 is 0 Å². The number of allylic oxidation sites excluding steroid dienone is 1. The maximum Gasteiger partial charge on any atom is 0.0634 e. The maximum atomic E-state index is 4.05. The number of nitrogens with one attached hydrogen (secondary N) is 1. The molecule has 0 unspecified atom stereocenters. The van der Waals surface area contributed by atoms with E-state index in [2.05, 4.69) is 22.7 Å². The molecule has 0 spiro atoms. The lowest BCUT2D eigenvalue weighted by molar-refractivity contribution is 1.35. The lowest BCUT2D eigenvalue weighted by Gasteiger charge is -2.01. The van der Waals surface area contributed by atoms with Crippen LogP contribution in [-0.2, 0) is 0 Å². The molecule has 0 atom stereocenters. The second kappa shape index (κ2) is 2.81. The number of hydrazone groups is 1. The number of nitrogens with zero attached hydrogens (tertiary/aromatic N) is 1. The monoisotopic (exact) mass is 158 g/mol. The van der Waals surface area contributed by atoms with Crippen LogP contribution in [0.1, 0.15) is 12.5 Å². The molecular formula is C10H10N2. The Labute approximate surface area is 71.6 Å². The minimum atomic E-state index is 1.06. The zero-order valence-corrected chi connectivity index (χ0v) is 6.91. The van der Waals surface area contributed by atoms with Crippen LogP contribution in [0.15, 0.2) is 34.9 Å². The molecule has 1 aromatic carbocycles. The summed E-state index contributed by atoms with van der Waals surface area (Å²) in [5, 5.41) is 4.05. The highest BCUT2D eigenvalue weighted by Crippen LogP contribution is 2.19. The van der Waals surface area contributed by atoms with E-state index in [1.165, 1.54) is 5.56 Å². The fourth-order valence-corrected chi connectivity index (χ4v) is 1.21. The van der Waals surface area contributed by atoms with Crippen molar-refractivity contribution in [3.63, 3.8) is 0 Å². The predicted octanol–water partition coefficient (Wildman–Crippen LogP) is 2.50. The molecule has 1 aromatic rings. The van der Waals surface area contributed by atoms with Crippen molar-refractivity contribution in [3.8, 4) is 0 Å². The second-order valence-corrected chi connectivity index (χ2v) is 2.85. The van der Waals surface area contributed by atoms with E-state index in [-0.39, 0.29) is 0 Å². The predicted molar refractivity (Wildman–Crippen MR) is 52.2 cm³/mol. The fourth-order valence-electron chi connectivity index (χ4n) is 1.21. The summed E-state index contributed by atoms with van der Waals surface area (Å²) in [4.78, 5) is 0. The molecule has 0 amide bonds. The SMILES string of the molecule is CC1=Cc2ccccc2NN=C1. The van der Waals surface area contributed by atoms with Crippen molar-refractivity contribution in [2.24, 2.45) is 5.10 Å². The number of anilines is 1. The Morgan fingerprint density at radius 1 is 1.25 bits per heavy atom. The Morgan fingerprint density at radius 2 is 2.08 bits per heavy atom. The quantitative estimate of drug-likeness (QED) is 0.616. The van der Waals surface area contributed by atoms with Gasteiger partial charge >= 0.3 is 0 Å². The molecule has 2 heteroatoms. The van der Waals surface area contributed by atoms with Gasteiger partial charge in [-0.1, -0.05) is 18.2 Å². The Balaban J connectivity index is 2.54. The molecule has 0 saturated heterocycles. The van der Waals surface area contributed by atoms with Gasteiger partial charge in [0.2, 0.25) is 0 Å². The summed E-state index contributed by atoms with van der Waals surface area (Å²) < 4.78 is 0. The highest BCUT2D eigenvalue weighted by molar-refractivity contribution is 5.89. The highest BCUT2D eigenvalue weighted by Gasteiger charge is 1.99. The molecule has 1 aliphatic rings. The van der Waals surface area contributed by atoms with Crippen LogP contribution in [0.5, 0.6) is 0 Å². The molecule has 2 nitrogen and oxygen atoms in total. The second-order valence-electron chi connectivity index (χ2n) is 2.85. The summed E-state index contributed by atoms with van der Waals surface area (Å²) in [7, 11) is 0. The summed E-state index contributed by atoms with van der Waals surface area (Å²) in [5.74, 6) is 0. The average molecular weight is 158 g/mol. The first kappa shape index (κ1) is 7.10. The van der Waals surface area contributed by atoms with Crippen LogP contribution in [0.2, 0.25) is 0 Å². The van der Waals surface area contributed by atoms with Crippen LogP contribution in [-0.4, -0.2) is 6.21 Å². The van der Waals surface area contributed by atoms with Gasteiger partial charge in [0.1, 0.15) is 0 Å². The Kier molecular flexibility index (Phi) is 1.67. The van der Waals surface area contributed by atoms with Crippen LogP contribution in [0.3, 0.4) is 0 Å². The van der Waals surface area contributed by atoms with E-state index in [4.69, 9.17) is 0 Å². The van der Waals surface area contributed by atoms with Crippen molar-refractivity contribution < 1.29 is 0 Å². The van der Waals surface area contributed by atoms with Crippen molar-refractivity contribution in [1.82, 2.24) is 0 Å². The highest BCUT2D eigenvalue weighted by atomic mass is 15.3. The molecule has 1 N–H and O–H groups in total. The third kappa shape index (κ3) is 1.23. The average Bonchev–Trinajstić information content (AvgIpc) is 2.25. The van der Waals surface area contributed by atoms with Crippen molar-refractivity contribution in [3.05, 3.63) is 35.4 Å². The standard InChI is InChI=1S/C10H10N2/c1-8-6-9-4-2-3-5-10(9)12-11-7-8/h2-7,12H,1H3. The summed E-state index contributed by atoms with van der Waals surface area (Å²) >= 11 is 0. The third-order valence-electron chi connectivity index (χ3n) is 1.80. The molecule has 0 bridgehead atoms. The molecule has 12 heavy (non-hydrogen) atoms. The van der Waals surface area contributed by atoms with Crippen LogP contribution < -0.4 is 5.43 Å². The number of fused-ring (bicyclic) bond motifs is 1. The number of benzene rings is 1. The number of para-hydroxylation sites is 1. The van der Waals surface area contributed by atoms with Gasteiger partial charge < -0.3 is 0 Å². The number of hydrogen-bond donors (Lipinski definition) is 1. The molecular weight excluding hydrogens is 148 g/mol. The Hall–Kier alpha value is -1.57. The number of rotatable bonds is 0. The van der Waals surface area contributed by atoms with Gasteiger partial charge in [0.25, 0.3) is 0 Å². The summed E-state index contributed by atoms with van der Waals surface area (Å²) in [6.45, 7) is 2.04. The van der Waals surface area contributed by atoms with E-state index in [1.54, 1.807) is 0 Å². The zero-order chi connectivity index (χ0) is 8.39. The molecule has 60 valence electrons. The van der Waals surface area contributed by atoms with E-state index in [0.717, 1.165) is 11.3 Å². The van der Waals surface area contributed by atoms with Gasteiger partial charge in [-0.05, 0) is 30.2 Å². The van der Waals surface area contributed by atoms with E-state index in [0.29, 0.717) is 0 Å². The van der Waals surface area contributed by atoms with Crippen LogP contribution in [0.25, 0.3) is 6.08 Å². The first-order valence-corrected chi connectivity index (χ1v) is 3.93. The minimum Gasteiger partial charge on any atom is -0.278 e. The van der Waals surface area contributed by atoms with Gasteiger partial charge in [-0.2, -0.15) is 5.10 Å². The van der Waals surface area contributed by atoms with Crippen molar-refractivity contribution in [1.29, 1.82) is 0 Å². The molecule has 0 saturated carbocycles. The van der Waals surface area contributed by atoms with Gasteiger partial charge in [-0.25, -0.2) is 0 Å². The Bertz CT molecular complexity index is 351. The van der Waals surface area contributed by atoms with Gasteiger partial charge in [-0.3, -0.25) is 5.43 Å². The largest absolute Gasteiger partial charge is 0.278 e. The molecule has 0 aromatic heterocycles. The van der Waals surface area contributed by atoms with E-state index >= 15 is 0 Å². The van der Waals surface area contributed by atoms with Gasteiger partial charge in [0.05, 0.1) is 11.9 Å². The summed E-state index contributed by atoms with van der Waals surface area (Å²) in [6, 6.07) is 8.10. The molecule has 2 rings (SSSR count). The van der Waals surface area contributed by atoms with Crippen molar-refractivity contribution >= 4 is 18.0 Å².